The maximum absolute atomic E-state index is 12.8. The number of aryl methyl sites for hydroxylation is 1. The topological polar surface area (TPSA) is 107 Å². The van der Waals surface area contributed by atoms with Crippen molar-refractivity contribution in [2.75, 3.05) is 38.7 Å². The average Bonchev–Trinajstić information content (AvgIpc) is 3.42. The zero-order chi connectivity index (χ0) is 27.2. The minimum atomic E-state index is -0.501. The van der Waals surface area contributed by atoms with E-state index in [9.17, 15) is 14.9 Å². The standard InChI is InChI=1S/C31H30N4O4/c1-38-31(37)27-18-23(21-6-8-22(9-7-21)30(36)35-14-16-39-17-15-35)11-13-29(27)34-25(19-32)12-10-24-20-33-28-5-3-2-4-26(24)28/h2-9,11,13,18,20,25,33-34H,10,12,14-17H2,1H3. The van der Waals surface area contributed by atoms with Crippen molar-refractivity contribution in [2.45, 2.75) is 18.9 Å². The number of H-pyrrole nitrogens is 1. The zero-order valence-corrected chi connectivity index (χ0v) is 21.8. The molecule has 39 heavy (non-hydrogen) atoms. The minimum Gasteiger partial charge on any atom is -0.465 e. The van der Waals surface area contributed by atoms with Crippen LogP contribution in [0, 0.1) is 11.3 Å². The monoisotopic (exact) mass is 522 g/mol. The number of carbonyl (C=O) groups is 2. The molecule has 0 bridgehead atoms. The summed E-state index contributed by atoms with van der Waals surface area (Å²) < 4.78 is 10.4. The van der Waals surface area contributed by atoms with Crippen LogP contribution in [0.2, 0.25) is 0 Å². The molecule has 1 aliphatic heterocycles. The van der Waals surface area contributed by atoms with E-state index >= 15 is 0 Å². The number of morpholine rings is 1. The van der Waals surface area contributed by atoms with Crippen LogP contribution in [0.1, 0.15) is 32.7 Å². The third-order valence-electron chi connectivity index (χ3n) is 7.05. The second-order valence-corrected chi connectivity index (χ2v) is 9.46. The number of rotatable bonds is 8. The van der Waals surface area contributed by atoms with Gasteiger partial charge in [0, 0.05) is 41.4 Å². The second kappa shape index (κ2) is 11.8. The number of aromatic nitrogens is 1. The number of nitrogens with zero attached hydrogens (tertiary/aromatic N) is 2. The number of carbonyl (C=O) groups excluding carboxylic acids is 2. The first kappa shape index (κ1) is 26.0. The lowest BCUT2D eigenvalue weighted by molar-refractivity contribution is 0.0303. The van der Waals surface area contributed by atoms with E-state index in [0.29, 0.717) is 56.0 Å². The first-order chi connectivity index (χ1) is 19.1. The van der Waals surface area contributed by atoms with Gasteiger partial charge in [0.05, 0.1) is 32.0 Å². The van der Waals surface area contributed by atoms with E-state index < -0.39 is 12.0 Å². The van der Waals surface area contributed by atoms with Gasteiger partial charge in [-0.1, -0.05) is 36.4 Å². The fourth-order valence-corrected chi connectivity index (χ4v) is 4.88. The summed E-state index contributed by atoms with van der Waals surface area (Å²) in [6, 6.07) is 22.7. The smallest absolute Gasteiger partial charge is 0.339 e. The van der Waals surface area contributed by atoms with Crippen LogP contribution in [0.15, 0.2) is 72.9 Å². The highest BCUT2D eigenvalue weighted by Gasteiger charge is 2.20. The van der Waals surface area contributed by atoms with Crippen LogP contribution in [0.4, 0.5) is 5.69 Å². The van der Waals surface area contributed by atoms with Crippen molar-refractivity contribution < 1.29 is 19.1 Å². The van der Waals surface area contributed by atoms with Gasteiger partial charge >= 0.3 is 5.97 Å². The molecular weight excluding hydrogens is 492 g/mol. The quantitative estimate of drug-likeness (QED) is 0.314. The van der Waals surface area contributed by atoms with E-state index in [1.54, 1.807) is 29.2 Å². The van der Waals surface area contributed by atoms with Gasteiger partial charge in [-0.05, 0) is 59.9 Å². The normalized spacial score (nSPS) is 14.0. The van der Waals surface area contributed by atoms with Crippen molar-refractivity contribution in [2.24, 2.45) is 0 Å². The molecule has 198 valence electrons. The summed E-state index contributed by atoms with van der Waals surface area (Å²) in [5.41, 5.74) is 5.37. The summed E-state index contributed by atoms with van der Waals surface area (Å²) in [5, 5.41) is 14.2. The molecule has 1 saturated heterocycles. The predicted octanol–water partition coefficient (Wildman–Crippen LogP) is 5.03. The number of ether oxygens (including phenoxy) is 2. The Labute approximate surface area is 227 Å². The van der Waals surface area contributed by atoms with Crippen molar-refractivity contribution >= 4 is 28.5 Å². The first-order valence-corrected chi connectivity index (χ1v) is 13.0. The molecule has 0 spiro atoms. The van der Waals surface area contributed by atoms with Crippen molar-refractivity contribution in [3.63, 3.8) is 0 Å². The number of hydrogen-bond acceptors (Lipinski definition) is 6. The van der Waals surface area contributed by atoms with Gasteiger partial charge in [-0.25, -0.2) is 4.79 Å². The summed E-state index contributed by atoms with van der Waals surface area (Å²) in [4.78, 5) is 30.5. The molecule has 2 N–H and O–H groups in total. The van der Waals surface area contributed by atoms with Gasteiger partial charge in [-0.3, -0.25) is 4.79 Å². The van der Waals surface area contributed by atoms with E-state index in [2.05, 4.69) is 22.4 Å². The number of anilines is 1. The Morgan fingerprint density at radius 1 is 1.08 bits per heavy atom. The van der Waals surface area contributed by atoms with Gasteiger partial charge in [0.2, 0.25) is 0 Å². The number of para-hydroxylation sites is 1. The number of esters is 1. The summed E-state index contributed by atoms with van der Waals surface area (Å²) in [6.45, 7) is 2.28. The van der Waals surface area contributed by atoms with Gasteiger partial charge in [-0.2, -0.15) is 5.26 Å². The molecule has 0 aliphatic carbocycles. The highest BCUT2D eigenvalue weighted by Crippen LogP contribution is 2.28. The summed E-state index contributed by atoms with van der Waals surface area (Å²) >= 11 is 0. The van der Waals surface area contributed by atoms with Crippen LogP contribution in [0.3, 0.4) is 0 Å². The number of hydrogen-bond donors (Lipinski definition) is 2. The van der Waals surface area contributed by atoms with Crippen molar-refractivity contribution in [1.82, 2.24) is 9.88 Å². The molecule has 1 amide bonds. The van der Waals surface area contributed by atoms with E-state index in [1.807, 2.05) is 42.6 Å². The Bertz CT molecular complexity index is 1510. The average molecular weight is 523 g/mol. The van der Waals surface area contributed by atoms with Gasteiger partial charge in [-0.15, -0.1) is 0 Å². The third kappa shape index (κ3) is 5.79. The van der Waals surface area contributed by atoms with Crippen LogP contribution in [-0.4, -0.2) is 61.2 Å². The Morgan fingerprint density at radius 3 is 2.56 bits per heavy atom. The molecule has 1 atom stereocenters. The first-order valence-electron chi connectivity index (χ1n) is 13.0. The fourth-order valence-electron chi connectivity index (χ4n) is 4.88. The van der Waals surface area contributed by atoms with Crippen LogP contribution in [0.5, 0.6) is 0 Å². The SMILES string of the molecule is COC(=O)c1cc(-c2ccc(C(=O)N3CCOCC3)cc2)ccc1NC(C#N)CCc1c[nH]c2ccccc12. The lowest BCUT2D eigenvalue weighted by Gasteiger charge is -2.26. The molecule has 8 nitrogen and oxygen atoms in total. The van der Waals surface area contributed by atoms with Crippen LogP contribution in [0.25, 0.3) is 22.0 Å². The second-order valence-electron chi connectivity index (χ2n) is 9.46. The number of nitrogens with one attached hydrogen (secondary N) is 2. The summed E-state index contributed by atoms with van der Waals surface area (Å²) in [7, 11) is 1.34. The summed E-state index contributed by atoms with van der Waals surface area (Å²) in [5.74, 6) is -0.512. The van der Waals surface area contributed by atoms with E-state index in [4.69, 9.17) is 9.47 Å². The van der Waals surface area contributed by atoms with Crippen molar-refractivity contribution in [3.8, 4) is 17.2 Å². The molecule has 5 rings (SSSR count). The Hall–Kier alpha value is -4.61. The Balaban J connectivity index is 1.32. The molecule has 3 aromatic carbocycles. The van der Waals surface area contributed by atoms with E-state index in [-0.39, 0.29) is 5.91 Å². The zero-order valence-electron chi connectivity index (χ0n) is 21.8. The molecule has 2 heterocycles. The third-order valence-corrected chi connectivity index (χ3v) is 7.05. The highest BCUT2D eigenvalue weighted by molar-refractivity contribution is 5.98. The maximum atomic E-state index is 12.8. The molecule has 1 aliphatic rings. The minimum absolute atomic E-state index is 0.0187. The Morgan fingerprint density at radius 2 is 1.82 bits per heavy atom. The predicted molar refractivity (Wildman–Crippen MR) is 150 cm³/mol. The number of benzene rings is 3. The molecule has 1 aromatic heterocycles. The van der Waals surface area contributed by atoms with E-state index in [0.717, 1.165) is 27.6 Å². The maximum Gasteiger partial charge on any atom is 0.339 e. The number of amides is 1. The molecule has 8 heteroatoms. The van der Waals surface area contributed by atoms with Gasteiger partial charge in [0.25, 0.3) is 5.91 Å². The van der Waals surface area contributed by atoms with Gasteiger partial charge < -0.3 is 24.7 Å². The molecule has 1 fully saturated rings. The Kier molecular flexibility index (Phi) is 7.90. The molecule has 0 radical (unpaired) electrons. The van der Waals surface area contributed by atoms with Gasteiger partial charge in [0.15, 0.2) is 0 Å². The number of aromatic amines is 1. The fraction of sp³-hybridized carbons (Fsp3) is 0.258. The van der Waals surface area contributed by atoms with Crippen molar-refractivity contribution in [3.05, 3.63) is 89.6 Å². The summed E-state index contributed by atoms with van der Waals surface area (Å²) in [6.07, 6.45) is 3.25. The molecule has 4 aromatic rings. The lowest BCUT2D eigenvalue weighted by atomic mass is 9.99. The van der Waals surface area contributed by atoms with Gasteiger partial charge in [0.1, 0.15) is 6.04 Å². The number of nitriles is 1. The van der Waals surface area contributed by atoms with Crippen molar-refractivity contribution in [1.29, 1.82) is 5.26 Å². The number of methoxy groups -OCH3 is 1. The van der Waals surface area contributed by atoms with Crippen LogP contribution in [-0.2, 0) is 15.9 Å². The van der Waals surface area contributed by atoms with E-state index in [1.165, 1.54) is 7.11 Å². The van der Waals surface area contributed by atoms with Crippen LogP contribution >= 0.6 is 0 Å². The number of fused-ring (bicyclic) bond motifs is 1. The highest BCUT2D eigenvalue weighted by atomic mass is 16.5. The van der Waals surface area contributed by atoms with Crippen LogP contribution < -0.4 is 5.32 Å². The largest absolute Gasteiger partial charge is 0.465 e. The molecule has 1 unspecified atom stereocenters. The molecular formula is C31H30N4O4. The lowest BCUT2D eigenvalue weighted by Crippen LogP contribution is -2.40. The molecule has 0 saturated carbocycles.